The summed E-state index contributed by atoms with van der Waals surface area (Å²) in [6, 6.07) is 2.18. The van der Waals surface area contributed by atoms with Crippen molar-refractivity contribution in [1.82, 2.24) is 9.50 Å². The summed E-state index contributed by atoms with van der Waals surface area (Å²) in [6.07, 6.45) is 6.73. The number of aryl methyl sites for hydroxylation is 2. The van der Waals surface area contributed by atoms with Crippen LogP contribution >= 0.6 is 0 Å². The van der Waals surface area contributed by atoms with Crippen LogP contribution in [0, 0.1) is 6.92 Å². The first-order valence-electron chi connectivity index (χ1n) is 4.14. The molecule has 0 saturated heterocycles. The van der Waals surface area contributed by atoms with Gasteiger partial charge in [-0.05, 0) is 30.0 Å². The zero-order chi connectivity index (χ0) is 8.55. The number of aromatic nitrogens is 3. The number of rotatable bonds is 1. The fraction of sp³-hybridized carbons (Fsp3) is 0.333. The molecule has 0 N–H and O–H groups in total. The van der Waals surface area contributed by atoms with Crippen LogP contribution in [-0.2, 0) is 6.42 Å². The fourth-order valence-electron chi connectivity index (χ4n) is 1.43. The Kier molecular flexibility index (Phi) is 1.57. The van der Waals surface area contributed by atoms with Crippen LogP contribution in [-0.4, -0.2) is 9.50 Å². The van der Waals surface area contributed by atoms with Crippen molar-refractivity contribution >= 4 is 0 Å². The molecule has 2 rings (SSSR count). The van der Waals surface area contributed by atoms with Crippen LogP contribution in [0.5, 0.6) is 0 Å². The summed E-state index contributed by atoms with van der Waals surface area (Å²) in [4.78, 5) is 4.08. The molecule has 0 fully saturated rings. The molecule has 3 nitrogen and oxygen atoms in total. The van der Waals surface area contributed by atoms with E-state index >= 15 is 0 Å². The monoisotopic (exact) mass is 162 g/mol. The lowest BCUT2D eigenvalue weighted by Crippen LogP contribution is -2.29. The van der Waals surface area contributed by atoms with Gasteiger partial charge in [-0.2, -0.15) is 0 Å². The predicted octanol–water partition coefficient (Wildman–Crippen LogP) is 0.791. The third-order valence-electron chi connectivity index (χ3n) is 2.00. The van der Waals surface area contributed by atoms with Gasteiger partial charge in [-0.1, -0.05) is 6.92 Å². The lowest BCUT2D eigenvalue weighted by Gasteiger charge is -1.99. The van der Waals surface area contributed by atoms with E-state index in [1.807, 2.05) is 21.7 Å². The van der Waals surface area contributed by atoms with Gasteiger partial charge in [0.25, 0.3) is 0 Å². The Hall–Kier alpha value is -1.38. The molecular formula is C9H12N3+. The van der Waals surface area contributed by atoms with Gasteiger partial charge >= 0.3 is 6.33 Å². The van der Waals surface area contributed by atoms with Gasteiger partial charge < -0.3 is 0 Å². The Labute approximate surface area is 71.3 Å². The van der Waals surface area contributed by atoms with Crippen molar-refractivity contribution in [2.45, 2.75) is 20.3 Å². The Bertz CT molecular complexity index is 403. The molecule has 0 saturated carbocycles. The second-order valence-electron chi connectivity index (χ2n) is 2.97. The standard InChI is InChI=1S/C9H12N3/c1-3-9-4-8(2)5-11-6-10-7-12(9)11/h4-7H,3H2,1-2H3/q+1. The quantitative estimate of drug-likeness (QED) is 0.568. The maximum absolute atomic E-state index is 4.08. The van der Waals surface area contributed by atoms with Crippen LogP contribution in [0.1, 0.15) is 18.2 Å². The molecule has 0 atom stereocenters. The summed E-state index contributed by atoms with van der Waals surface area (Å²) in [6.45, 7) is 4.24. The van der Waals surface area contributed by atoms with Crippen LogP contribution in [0.3, 0.4) is 0 Å². The highest BCUT2D eigenvalue weighted by atomic mass is 15.3. The second-order valence-corrected chi connectivity index (χ2v) is 2.97. The molecule has 2 aromatic rings. The van der Waals surface area contributed by atoms with Crippen molar-refractivity contribution in [3.8, 4) is 0 Å². The summed E-state index contributed by atoms with van der Waals surface area (Å²) < 4.78 is 4.04. The van der Waals surface area contributed by atoms with Crippen molar-refractivity contribution in [3.63, 3.8) is 0 Å². The van der Waals surface area contributed by atoms with E-state index in [2.05, 4.69) is 31.1 Å². The SMILES string of the molecule is CCc1cc(C)c[n+]2cncn12. The highest BCUT2D eigenvalue weighted by Crippen LogP contribution is 1.99. The van der Waals surface area contributed by atoms with Crippen molar-refractivity contribution in [3.05, 3.63) is 36.2 Å². The van der Waals surface area contributed by atoms with E-state index in [4.69, 9.17) is 0 Å². The van der Waals surface area contributed by atoms with Crippen LogP contribution in [0.15, 0.2) is 24.9 Å². The molecule has 62 valence electrons. The first-order valence-corrected chi connectivity index (χ1v) is 4.14. The number of hydrogen-bond acceptors (Lipinski definition) is 1. The number of fused-ring (bicyclic) bond motifs is 1. The molecule has 2 aromatic heterocycles. The first kappa shape index (κ1) is 7.28. The maximum atomic E-state index is 4.08. The maximum Gasteiger partial charge on any atom is 0.311 e. The highest BCUT2D eigenvalue weighted by Gasteiger charge is 2.04. The number of nitrogens with zero attached hydrogens (tertiary/aromatic N) is 3. The molecule has 0 bridgehead atoms. The Morgan fingerprint density at radius 3 is 3.17 bits per heavy atom. The van der Waals surface area contributed by atoms with Gasteiger partial charge in [0, 0.05) is 0 Å². The molecule has 0 spiro atoms. The van der Waals surface area contributed by atoms with Gasteiger partial charge in [0.05, 0.1) is 5.69 Å². The Morgan fingerprint density at radius 2 is 2.42 bits per heavy atom. The fourth-order valence-corrected chi connectivity index (χ4v) is 1.43. The van der Waals surface area contributed by atoms with E-state index in [0.29, 0.717) is 0 Å². The molecule has 3 heteroatoms. The summed E-state index contributed by atoms with van der Waals surface area (Å²) in [5.41, 5.74) is 2.55. The molecule has 0 amide bonds. The summed E-state index contributed by atoms with van der Waals surface area (Å²) >= 11 is 0. The Balaban J connectivity index is 2.80. The van der Waals surface area contributed by atoms with Gasteiger partial charge in [0.1, 0.15) is 6.20 Å². The molecule has 0 aliphatic heterocycles. The van der Waals surface area contributed by atoms with Crippen molar-refractivity contribution in [1.29, 1.82) is 0 Å². The molecule has 0 radical (unpaired) electrons. The van der Waals surface area contributed by atoms with Gasteiger partial charge in [-0.25, -0.2) is 0 Å². The largest absolute Gasteiger partial charge is 0.311 e. The van der Waals surface area contributed by atoms with Crippen LogP contribution in [0.2, 0.25) is 0 Å². The zero-order valence-electron chi connectivity index (χ0n) is 7.36. The van der Waals surface area contributed by atoms with Gasteiger partial charge in [0.15, 0.2) is 0 Å². The van der Waals surface area contributed by atoms with E-state index in [1.165, 1.54) is 11.3 Å². The van der Waals surface area contributed by atoms with Crippen LogP contribution in [0.4, 0.5) is 0 Å². The Morgan fingerprint density at radius 1 is 1.58 bits per heavy atom. The topological polar surface area (TPSA) is 21.4 Å². The smallest absolute Gasteiger partial charge is 0.147 e. The molecule has 2 heterocycles. The van der Waals surface area contributed by atoms with Gasteiger partial charge in [-0.15, -0.1) is 9.03 Å². The molecular weight excluding hydrogens is 150 g/mol. The predicted molar refractivity (Wildman–Crippen MR) is 45.0 cm³/mol. The first-order chi connectivity index (χ1) is 5.81. The van der Waals surface area contributed by atoms with E-state index in [1.54, 1.807) is 0 Å². The lowest BCUT2D eigenvalue weighted by atomic mass is 10.2. The van der Waals surface area contributed by atoms with Crippen LogP contribution in [0.25, 0.3) is 0 Å². The summed E-state index contributed by atoms with van der Waals surface area (Å²) in [5, 5.41) is 0. The van der Waals surface area contributed by atoms with Crippen molar-refractivity contribution in [2.75, 3.05) is 0 Å². The van der Waals surface area contributed by atoms with Crippen molar-refractivity contribution < 1.29 is 4.52 Å². The third-order valence-corrected chi connectivity index (χ3v) is 2.00. The van der Waals surface area contributed by atoms with Gasteiger partial charge in [-0.3, -0.25) is 0 Å². The minimum Gasteiger partial charge on any atom is -0.147 e. The molecule has 0 aromatic carbocycles. The summed E-state index contributed by atoms with van der Waals surface area (Å²) in [7, 11) is 0. The van der Waals surface area contributed by atoms with E-state index in [-0.39, 0.29) is 0 Å². The lowest BCUT2D eigenvalue weighted by molar-refractivity contribution is -0.620. The normalized spacial score (nSPS) is 10.8. The van der Waals surface area contributed by atoms with Crippen molar-refractivity contribution in [2.24, 2.45) is 0 Å². The highest BCUT2D eigenvalue weighted by molar-refractivity contribution is 5.09. The number of hydrogen-bond donors (Lipinski definition) is 0. The average Bonchev–Trinajstić information content (AvgIpc) is 2.50. The van der Waals surface area contributed by atoms with Gasteiger partial charge in [0.2, 0.25) is 6.33 Å². The zero-order valence-corrected chi connectivity index (χ0v) is 7.36. The molecule has 0 unspecified atom stereocenters. The van der Waals surface area contributed by atoms with E-state index in [9.17, 15) is 0 Å². The minimum atomic E-state index is 1.03. The van der Waals surface area contributed by atoms with Crippen LogP contribution < -0.4 is 4.52 Å². The molecule has 12 heavy (non-hydrogen) atoms. The molecule has 0 aliphatic rings. The summed E-state index contributed by atoms with van der Waals surface area (Å²) in [5.74, 6) is 0. The second kappa shape index (κ2) is 2.59. The van der Waals surface area contributed by atoms with E-state index in [0.717, 1.165) is 6.42 Å². The van der Waals surface area contributed by atoms with E-state index < -0.39 is 0 Å². The molecule has 0 aliphatic carbocycles. The average molecular weight is 162 g/mol. The third kappa shape index (κ3) is 0.978. The minimum absolute atomic E-state index is 1.03.